The van der Waals surface area contributed by atoms with E-state index in [2.05, 4.69) is 24.1 Å². The maximum atomic E-state index is 9.91. The van der Waals surface area contributed by atoms with Crippen molar-refractivity contribution in [1.29, 1.82) is 0 Å². The van der Waals surface area contributed by atoms with Gasteiger partial charge in [-0.05, 0) is 25.2 Å². The van der Waals surface area contributed by atoms with Crippen molar-refractivity contribution < 1.29 is 14.6 Å². The lowest BCUT2D eigenvalue weighted by molar-refractivity contribution is 0.104. The number of benzene rings is 1. The van der Waals surface area contributed by atoms with Gasteiger partial charge in [-0.3, -0.25) is 0 Å². The van der Waals surface area contributed by atoms with Gasteiger partial charge < -0.3 is 24.8 Å². The number of nitrogens with zero attached hydrogens (tertiary/aromatic N) is 1. The van der Waals surface area contributed by atoms with E-state index in [4.69, 9.17) is 9.47 Å². The second kappa shape index (κ2) is 10.4. The molecular formula is C16H28N2O3. The Morgan fingerprint density at radius 1 is 1.19 bits per heavy atom. The monoisotopic (exact) mass is 296 g/mol. The van der Waals surface area contributed by atoms with Gasteiger partial charge in [0.2, 0.25) is 0 Å². The average Bonchev–Trinajstić information content (AvgIpc) is 2.53. The van der Waals surface area contributed by atoms with Crippen LogP contribution in [-0.4, -0.2) is 62.6 Å². The molecule has 21 heavy (non-hydrogen) atoms. The van der Waals surface area contributed by atoms with Crippen molar-refractivity contribution in [3.05, 3.63) is 24.3 Å². The van der Waals surface area contributed by atoms with E-state index in [0.29, 0.717) is 18.0 Å². The second-order valence-corrected chi connectivity index (χ2v) is 4.85. The highest BCUT2D eigenvalue weighted by Gasteiger charge is 2.08. The van der Waals surface area contributed by atoms with Crippen molar-refractivity contribution in [2.24, 2.45) is 0 Å². The van der Waals surface area contributed by atoms with Crippen LogP contribution in [0.25, 0.3) is 0 Å². The van der Waals surface area contributed by atoms with Crippen molar-refractivity contribution in [1.82, 2.24) is 10.2 Å². The van der Waals surface area contributed by atoms with E-state index in [0.717, 1.165) is 26.2 Å². The maximum absolute atomic E-state index is 9.91. The van der Waals surface area contributed by atoms with Crippen molar-refractivity contribution >= 4 is 0 Å². The highest BCUT2D eigenvalue weighted by atomic mass is 16.5. The fraction of sp³-hybridized carbons (Fsp3) is 0.625. The molecular weight excluding hydrogens is 268 g/mol. The Morgan fingerprint density at radius 2 is 1.86 bits per heavy atom. The molecule has 0 aliphatic heterocycles. The number of aliphatic hydroxyl groups is 1. The van der Waals surface area contributed by atoms with E-state index in [1.54, 1.807) is 7.11 Å². The molecule has 0 fully saturated rings. The van der Waals surface area contributed by atoms with Gasteiger partial charge in [0, 0.05) is 19.6 Å². The number of ether oxygens (including phenoxy) is 2. The first-order chi connectivity index (χ1) is 10.2. The Kier molecular flexibility index (Phi) is 8.82. The third kappa shape index (κ3) is 6.80. The van der Waals surface area contributed by atoms with Crippen LogP contribution >= 0.6 is 0 Å². The van der Waals surface area contributed by atoms with Gasteiger partial charge in [-0.2, -0.15) is 0 Å². The summed E-state index contributed by atoms with van der Waals surface area (Å²) in [7, 11) is 1.60. The summed E-state index contributed by atoms with van der Waals surface area (Å²) in [6.07, 6.45) is -0.536. The lowest BCUT2D eigenvalue weighted by Crippen LogP contribution is -2.37. The van der Waals surface area contributed by atoms with Gasteiger partial charge >= 0.3 is 0 Å². The van der Waals surface area contributed by atoms with Gasteiger partial charge in [0.15, 0.2) is 11.5 Å². The average molecular weight is 296 g/mol. The van der Waals surface area contributed by atoms with E-state index in [1.807, 2.05) is 24.3 Å². The van der Waals surface area contributed by atoms with Crippen molar-refractivity contribution in [3.8, 4) is 11.5 Å². The largest absolute Gasteiger partial charge is 0.493 e. The first-order valence-corrected chi connectivity index (χ1v) is 7.58. The molecule has 0 saturated heterocycles. The number of likely N-dealkylation sites (N-methyl/N-ethyl adjacent to an activating group) is 1. The normalized spacial score (nSPS) is 12.4. The molecule has 1 aromatic carbocycles. The molecule has 0 aliphatic carbocycles. The number of methoxy groups -OCH3 is 1. The Bertz CT molecular complexity index is 384. The van der Waals surface area contributed by atoms with E-state index in [1.165, 1.54) is 0 Å². The molecule has 0 aromatic heterocycles. The molecule has 0 radical (unpaired) electrons. The fourth-order valence-electron chi connectivity index (χ4n) is 2.03. The van der Waals surface area contributed by atoms with Crippen LogP contribution in [-0.2, 0) is 0 Å². The highest BCUT2D eigenvalue weighted by Crippen LogP contribution is 2.25. The van der Waals surface area contributed by atoms with Crippen LogP contribution < -0.4 is 14.8 Å². The topological polar surface area (TPSA) is 54.0 Å². The van der Waals surface area contributed by atoms with Crippen molar-refractivity contribution in [2.75, 3.05) is 46.4 Å². The minimum atomic E-state index is -0.536. The zero-order valence-electron chi connectivity index (χ0n) is 13.3. The summed E-state index contributed by atoms with van der Waals surface area (Å²) >= 11 is 0. The zero-order valence-corrected chi connectivity index (χ0v) is 13.3. The molecule has 0 aliphatic rings. The number of hydrogen-bond donors (Lipinski definition) is 2. The van der Waals surface area contributed by atoms with E-state index in [-0.39, 0.29) is 6.61 Å². The Labute approximate surface area is 127 Å². The molecule has 1 atom stereocenters. The quantitative estimate of drug-likeness (QED) is 0.604. The molecule has 1 rings (SSSR count). The summed E-state index contributed by atoms with van der Waals surface area (Å²) in [5.41, 5.74) is 0. The first-order valence-electron chi connectivity index (χ1n) is 7.58. The summed E-state index contributed by atoms with van der Waals surface area (Å²) in [4.78, 5) is 2.34. The Balaban J connectivity index is 2.20. The van der Waals surface area contributed by atoms with Crippen LogP contribution in [0.4, 0.5) is 0 Å². The predicted molar refractivity (Wildman–Crippen MR) is 85.2 cm³/mol. The standard InChI is InChI=1S/C16H28N2O3/c1-4-18(5-2)11-10-17-12-14(19)13-21-16-9-7-6-8-15(16)20-3/h6-9,14,17,19H,4-5,10-13H2,1-3H3. The van der Waals surface area contributed by atoms with Crippen molar-refractivity contribution in [2.45, 2.75) is 20.0 Å². The minimum Gasteiger partial charge on any atom is -0.493 e. The molecule has 0 bridgehead atoms. The number of rotatable bonds is 11. The summed E-state index contributed by atoms with van der Waals surface area (Å²) in [6, 6.07) is 7.44. The smallest absolute Gasteiger partial charge is 0.161 e. The summed E-state index contributed by atoms with van der Waals surface area (Å²) in [5, 5.41) is 13.2. The first kappa shape index (κ1) is 17.8. The lowest BCUT2D eigenvalue weighted by Gasteiger charge is -2.19. The molecule has 0 amide bonds. The van der Waals surface area contributed by atoms with Crippen LogP contribution in [0.3, 0.4) is 0 Å². The van der Waals surface area contributed by atoms with Gasteiger partial charge in [-0.1, -0.05) is 26.0 Å². The summed E-state index contributed by atoms with van der Waals surface area (Å²) < 4.78 is 10.8. The van der Waals surface area contributed by atoms with Crippen LogP contribution in [0, 0.1) is 0 Å². The maximum Gasteiger partial charge on any atom is 0.161 e. The van der Waals surface area contributed by atoms with Gasteiger partial charge in [0.1, 0.15) is 12.7 Å². The molecule has 1 unspecified atom stereocenters. The molecule has 0 heterocycles. The number of aliphatic hydroxyl groups excluding tert-OH is 1. The number of nitrogens with one attached hydrogen (secondary N) is 1. The van der Waals surface area contributed by atoms with Crippen LogP contribution in [0.15, 0.2) is 24.3 Å². The van der Waals surface area contributed by atoms with Gasteiger partial charge in [-0.25, -0.2) is 0 Å². The second-order valence-electron chi connectivity index (χ2n) is 4.85. The number of hydrogen-bond acceptors (Lipinski definition) is 5. The lowest BCUT2D eigenvalue weighted by atomic mass is 10.3. The van der Waals surface area contributed by atoms with Crippen molar-refractivity contribution in [3.63, 3.8) is 0 Å². The van der Waals surface area contributed by atoms with E-state index < -0.39 is 6.10 Å². The third-order valence-corrected chi connectivity index (χ3v) is 3.38. The molecule has 5 heteroatoms. The van der Waals surface area contributed by atoms with Gasteiger partial charge in [0.25, 0.3) is 0 Å². The zero-order chi connectivity index (χ0) is 15.5. The molecule has 0 saturated carbocycles. The van der Waals surface area contributed by atoms with Gasteiger partial charge in [0.05, 0.1) is 7.11 Å². The molecule has 120 valence electrons. The van der Waals surface area contributed by atoms with E-state index in [9.17, 15) is 5.11 Å². The highest BCUT2D eigenvalue weighted by molar-refractivity contribution is 5.39. The minimum absolute atomic E-state index is 0.249. The molecule has 0 spiro atoms. The predicted octanol–water partition coefficient (Wildman–Crippen LogP) is 1.37. The molecule has 5 nitrogen and oxygen atoms in total. The summed E-state index contributed by atoms with van der Waals surface area (Å²) in [6.45, 7) is 9.05. The van der Waals surface area contributed by atoms with Crippen LogP contribution in [0.2, 0.25) is 0 Å². The Morgan fingerprint density at radius 3 is 2.48 bits per heavy atom. The number of para-hydroxylation sites is 2. The molecule has 1 aromatic rings. The van der Waals surface area contributed by atoms with Gasteiger partial charge in [-0.15, -0.1) is 0 Å². The fourth-order valence-corrected chi connectivity index (χ4v) is 2.03. The third-order valence-electron chi connectivity index (χ3n) is 3.38. The summed E-state index contributed by atoms with van der Waals surface area (Å²) in [5.74, 6) is 1.33. The SMILES string of the molecule is CCN(CC)CCNCC(O)COc1ccccc1OC. The van der Waals surface area contributed by atoms with Crippen LogP contribution in [0.5, 0.6) is 11.5 Å². The Hall–Kier alpha value is -1.30. The van der Waals surface area contributed by atoms with E-state index >= 15 is 0 Å². The van der Waals surface area contributed by atoms with Crippen LogP contribution in [0.1, 0.15) is 13.8 Å². The molecule has 2 N–H and O–H groups in total.